The van der Waals surface area contributed by atoms with Crippen LogP contribution in [0.3, 0.4) is 0 Å². The summed E-state index contributed by atoms with van der Waals surface area (Å²) in [6, 6.07) is 0. The Morgan fingerprint density at radius 2 is 1.39 bits per heavy atom. The Morgan fingerprint density at radius 3 is 1.96 bits per heavy atom. The van der Waals surface area contributed by atoms with Crippen LogP contribution in [0.25, 0.3) is 0 Å². The minimum Gasteiger partial charge on any atom is -0.466 e. The Hall–Kier alpha value is -0.770. The molecule has 0 aliphatic carbocycles. The highest BCUT2D eigenvalue weighted by molar-refractivity contribution is 6.17. The molecule has 0 aliphatic rings. The first-order valence-electron chi connectivity index (χ1n) is 8.97. The molecule has 0 rings (SSSR count). The van der Waals surface area contributed by atoms with Crippen molar-refractivity contribution >= 4 is 23.5 Å². The summed E-state index contributed by atoms with van der Waals surface area (Å²) in [6.45, 7) is 5.12. The van der Waals surface area contributed by atoms with Crippen molar-refractivity contribution in [2.75, 3.05) is 19.1 Å². The average molecular weight is 349 g/mol. The fraction of sp³-hybridized carbons (Fsp3) is 0.889. The highest BCUT2D eigenvalue weighted by Crippen LogP contribution is 2.08. The van der Waals surface area contributed by atoms with Crippen LogP contribution >= 0.6 is 11.6 Å². The summed E-state index contributed by atoms with van der Waals surface area (Å²) in [5.41, 5.74) is 0. The molecule has 0 heterocycles. The molecular formula is C18H33ClO4. The molecule has 0 spiro atoms. The maximum absolute atomic E-state index is 11.5. The molecule has 0 aromatic carbocycles. The minimum absolute atomic E-state index is 0.109. The van der Waals surface area contributed by atoms with E-state index in [9.17, 15) is 9.59 Å². The summed E-state index contributed by atoms with van der Waals surface area (Å²) in [4.78, 5) is 23.0. The lowest BCUT2D eigenvalue weighted by molar-refractivity contribution is -0.150. The van der Waals surface area contributed by atoms with Gasteiger partial charge in [0.15, 0.2) is 0 Å². The van der Waals surface area contributed by atoms with Gasteiger partial charge in [-0.25, -0.2) is 0 Å². The van der Waals surface area contributed by atoms with E-state index in [1.54, 1.807) is 0 Å². The third kappa shape index (κ3) is 15.9. The summed E-state index contributed by atoms with van der Waals surface area (Å²) in [5, 5.41) is 0. The molecule has 0 amide bonds. The normalized spacial score (nSPS) is 12.0. The molecule has 0 fully saturated rings. The maximum Gasteiger partial charge on any atom is 0.306 e. The van der Waals surface area contributed by atoms with Gasteiger partial charge in [-0.05, 0) is 25.2 Å². The minimum atomic E-state index is -0.315. The number of carbonyl (C=O) groups is 2. The van der Waals surface area contributed by atoms with Crippen LogP contribution in [-0.4, -0.2) is 31.0 Å². The second kappa shape index (κ2) is 16.1. The highest BCUT2D eigenvalue weighted by Gasteiger charge is 2.09. The zero-order valence-corrected chi connectivity index (χ0v) is 15.5. The Kier molecular flexibility index (Phi) is 15.6. The number of alkyl halides is 1. The summed E-state index contributed by atoms with van der Waals surface area (Å²) >= 11 is 5.61. The van der Waals surface area contributed by atoms with E-state index in [1.165, 1.54) is 12.8 Å². The number of halogens is 1. The van der Waals surface area contributed by atoms with Gasteiger partial charge in [-0.3, -0.25) is 9.59 Å². The third-order valence-corrected chi connectivity index (χ3v) is 4.16. The second-order valence-electron chi connectivity index (χ2n) is 6.05. The van der Waals surface area contributed by atoms with Gasteiger partial charge in [0.1, 0.15) is 0 Å². The molecule has 0 saturated carbocycles. The quantitative estimate of drug-likeness (QED) is 0.241. The fourth-order valence-corrected chi connectivity index (χ4v) is 2.21. The van der Waals surface area contributed by atoms with Crippen LogP contribution < -0.4 is 0 Å². The molecule has 23 heavy (non-hydrogen) atoms. The van der Waals surface area contributed by atoms with Crippen molar-refractivity contribution in [3.05, 3.63) is 0 Å². The fourth-order valence-electron chi connectivity index (χ4n) is 2.02. The summed E-state index contributed by atoms with van der Waals surface area (Å²) in [7, 11) is 0. The van der Waals surface area contributed by atoms with Gasteiger partial charge in [-0.1, -0.05) is 46.0 Å². The molecule has 0 aromatic rings. The Bertz CT molecular complexity index is 307. The van der Waals surface area contributed by atoms with Crippen molar-refractivity contribution in [1.82, 2.24) is 0 Å². The topological polar surface area (TPSA) is 52.6 Å². The number of carbonyl (C=O) groups excluding carboxylic acids is 2. The zero-order valence-electron chi connectivity index (χ0n) is 14.8. The predicted molar refractivity (Wildman–Crippen MR) is 93.6 cm³/mol. The Balaban J connectivity index is 3.40. The van der Waals surface area contributed by atoms with Crippen molar-refractivity contribution in [1.29, 1.82) is 0 Å². The maximum atomic E-state index is 11.5. The lowest BCUT2D eigenvalue weighted by Gasteiger charge is -2.09. The number of hydrogen-bond acceptors (Lipinski definition) is 4. The molecule has 0 bridgehead atoms. The van der Waals surface area contributed by atoms with Crippen molar-refractivity contribution < 1.29 is 19.1 Å². The summed E-state index contributed by atoms with van der Waals surface area (Å²) in [5.74, 6) is 0.663. The molecule has 1 atom stereocenters. The van der Waals surface area contributed by atoms with Crippen LogP contribution in [0.15, 0.2) is 0 Å². The first kappa shape index (κ1) is 22.2. The van der Waals surface area contributed by atoms with E-state index in [1.807, 2.05) is 0 Å². The van der Waals surface area contributed by atoms with Gasteiger partial charge in [0.05, 0.1) is 26.1 Å². The number of hydrogen-bond donors (Lipinski definition) is 0. The van der Waals surface area contributed by atoms with Gasteiger partial charge in [0.25, 0.3) is 0 Å². The first-order valence-corrected chi connectivity index (χ1v) is 9.50. The first-order chi connectivity index (χ1) is 11.1. The van der Waals surface area contributed by atoms with Crippen molar-refractivity contribution in [3.63, 3.8) is 0 Å². The van der Waals surface area contributed by atoms with E-state index in [0.717, 1.165) is 44.4 Å². The van der Waals surface area contributed by atoms with E-state index < -0.39 is 0 Å². The molecule has 4 nitrogen and oxygen atoms in total. The molecule has 0 saturated heterocycles. The Labute approximate surface area is 146 Å². The van der Waals surface area contributed by atoms with Gasteiger partial charge in [-0.15, -0.1) is 11.6 Å². The number of ether oxygens (including phenoxy) is 2. The molecule has 0 aromatic heterocycles. The van der Waals surface area contributed by atoms with Crippen LogP contribution in [0, 0.1) is 5.92 Å². The monoisotopic (exact) mass is 348 g/mol. The lowest BCUT2D eigenvalue weighted by Crippen LogP contribution is -2.12. The Morgan fingerprint density at radius 1 is 0.870 bits per heavy atom. The molecular weight excluding hydrogens is 316 g/mol. The lowest BCUT2D eigenvalue weighted by atomic mass is 10.1. The molecule has 0 N–H and O–H groups in total. The van der Waals surface area contributed by atoms with Gasteiger partial charge >= 0.3 is 11.9 Å². The largest absolute Gasteiger partial charge is 0.466 e. The SMILES string of the molecule is CCC(C)CCOC(=O)CCC(=O)OCCCCCCCCCl. The number of unbranched alkanes of at least 4 members (excludes halogenated alkanes) is 5. The molecule has 0 aliphatic heterocycles. The van der Waals surface area contributed by atoms with Gasteiger partial charge in [-0.2, -0.15) is 0 Å². The number of esters is 2. The third-order valence-electron chi connectivity index (χ3n) is 3.89. The standard InChI is InChI=1S/C18H33ClO4/c1-3-16(2)12-15-23-18(21)11-10-17(20)22-14-9-7-5-4-6-8-13-19/h16H,3-15H2,1-2H3. The van der Waals surface area contributed by atoms with E-state index >= 15 is 0 Å². The molecule has 5 heteroatoms. The van der Waals surface area contributed by atoms with Crippen LogP contribution in [-0.2, 0) is 19.1 Å². The zero-order chi connectivity index (χ0) is 17.3. The molecule has 0 radical (unpaired) electrons. The van der Waals surface area contributed by atoms with Crippen molar-refractivity contribution in [2.45, 2.75) is 78.1 Å². The van der Waals surface area contributed by atoms with Crippen LogP contribution in [0.1, 0.15) is 78.1 Å². The van der Waals surface area contributed by atoms with Crippen molar-refractivity contribution in [3.8, 4) is 0 Å². The van der Waals surface area contributed by atoms with Gasteiger partial charge in [0, 0.05) is 5.88 Å². The predicted octanol–water partition coefficient (Wildman–Crippen LogP) is 4.87. The van der Waals surface area contributed by atoms with E-state index in [0.29, 0.717) is 19.1 Å². The number of rotatable bonds is 15. The van der Waals surface area contributed by atoms with E-state index in [-0.39, 0.29) is 24.8 Å². The van der Waals surface area contributed by atoms with Crippen LogP contribution in [0.2, 0.25) is 0 Å². The molecule has 1 unspecified atom stereocenters. The van der Waals surface area contributed by atoms with Crippen molar-refractivity contribution in [2.24, 2.45) is 5.92 Å². The summed E-state index contributed by atoms with van der Waals surface area (Å²) < 4.78 is 10.2. The highest BCUT2D eigenvalue weighted by atomic mass is 35.5. The van der Waals surface area contributed by atoms with Crippen LogP contribution in [0.4, 0.5) is 0 Å². The van der Waals surface area contributed by atoms with Crippen LogP contribution in [0.5, 0.6) is 0 Å². The smallest absolute Gasteiger partial charge is 0.306 e. The summed E-state index contributed by atoms with van der Waals surface area (Å²) in [6.07, 6.45) is 8.69. The average Bonchev–Trinajstić information content (AvgIpc) is 2.55. The van der Waals surface area contributed by atoms with Gasteiger partial charge in [0.2, 0.25) is 0 Å². The van der Waals surface area contributed by atoms with E-state index in [4.69, 9.17) is 21.1 Å². The molecule has 136 valence electrons. The van der Waals surface area contributed by atoms with E-state index in [2.05, 4.69) is 13.8 Å². The second-order valence-corrected chi connectivity index (χ2v) is 6.43. The van der Waals surface area contributed by atoms with Gasteiger partial charge < -0.3 is 9.47 Å².